The van der Waals surface area contributed by atoms with Crippen molar-refractivity contribution < 1.29 is 23.8 Å². The summed E-state index contributed by atoms with van der Waals surface area (Å²) in [5.74, 6) is -0.414. The molecule has 1 aliphatic heterocycles. The second-order valence-electron chi connectivity index (χ2n) is 4.19. The molecular weight excluding hydrogens is 255 g/mol. The number of hydrogen-bond donors (Lipinski definition) is 3. The van der Waals surface area contributed by atoms with Gasteiger partial charge in [0.25, 0.3) is 0 Å². The van der Waals surface area contributed by atoms with Crippen molar-refractivity contribution in [3.63, 3.8) is 0 Å². The molecule has 6 nitrogen and oxygen atoms in total. The fourth-order valence-corrected chi connectivity index (χ4v) is 2.13. The van der Waals surface area contributed by atoms with E-state index in [1.165, 1.54) is 25.3 Å². The summed E-state index contributed by atoms with van der Waals surface area (Å²) in [6.07, 6.45) is -1.28. The van der Waals surface area contributed by atoms with Gasteiger partial charge in [-0.3, -0.25) is 4.79 Å². The van der Waals surface area contributed by atoms with Gasteiger partial charge in [-0.2, -0.15) is 0 Å². The molecule has 2 atom stereocenters. The zero-order valence-electron chi connectivity index (χ0n) is 10.1. The Kier molecular flexibility index (Phi) is 3.55. The van der Waals surface area contributed by atoms with Crippen LogP contribution < -0.4 is 15.4 Å². The number of ether oxygens (including phenoxy) is 1. The number of carboxylic acid groups (broad SMARTS) is 1. The van der Waals surface area contributed by atoms with Crippen LogP contribution in [-0.2, 0) is 4.79 Å². The zero-order chi connectivity index (χ0) is 14.0. The predicted octanol–water partition coefficient (Wildman–Crippen LogP) is 1.03. The van der Waals surface area contributed by atoms with Crippen molar-refractivity contribution in [1.29, 1.82) is 0 Å². The lowest BCUT2D eigenvalue weighted by Crippen LogP contribution is -2.38. The third-order valence-corrected chi connectivity index (χ3v) is 2.97. The Morgan fingerprint density at radius 2 is 2.32 bits per heavy atom. The minimum Gasteiger partial charge on any atom is -0.497 e. The molecule has 19 heavy (non-hydrogen) atoms. The SMILES string of the molecule is COc1ccc(F)c([C@H]2NC(=O)C[C@@H]2NC(=O)O)c1. The molecule has 7 heteroatoms. The van der Waals surface area contributed by atoms with Crippen molar-refractivity contribution in [2.75, 3.05) is 7.11 Å². The Balaban J connectivity index is 2.32. The van der Waals surface area contributed by atoms with Gasteiger partial charge in [-0.05, 0) is 18.2 Å². The van der Waals surface area contributed by atoms with Crippen molar-refractivity contribution in [2.24, 2.45) is 0 Å². The molecule has 102 valence electrons. The molecule has 0 radical (unpaired) electrons. The molecule has 1 aromatic carbocycles. The number of amides is 2. The Labute approximate surface area is 108 Å². The highest BCUT2D eigenvalue weighted by Crippen LogP contribution is 2.29. The maximum Gasteiger partial charge on any atom is 0.404 e. The van der Waals surface area contributed by atoms with Crippen LogP contribution in [0.4, 0.5) is 9.18 Å². The van der Waals surface area contributed by atoms with Crippen molar-refractivity contribution in [3.05, 3.63) is 29.6 Å². The van der Waals surface area contributed by atoms with Crippen molar-refractivity contribution >= 4 is 12.0 Å². The zero-order valence-corrected chi connectivity index (χ0v) is 10.1. The van der Waals surface area contributed by atoms with Gasteiger partial charge >= 0.3 is 6.09 Å². The van der Waals surface area contributed by atoms with E-state index in [1.54, 1.807) is 0 Å². The van der Waals surface area contributed by atoms with Crippen molar-refractivity contribution in [2.45, 2.75) is 18.5 Å². The summed E-state index contributed by atoms with van der Waals surface area (Å²) in [5.41, 5.74) is 0.198. The van der Waals surface area contributed by atoms with Crippen LogP contribution in [0.3, 0.4) is 0 Å². The molecule has 1 saturated heterocycles. The summed E-state index contributed by atoms with van der Waals surface area (Å²) in [7, 11) is 1.44. The van der Waals surface area contributed by atoms with Crippen LogP contribution in [0.2, 0.25) is 0 Å². The first kappa shape index (κ1) is 13.1. The van der Waals surface area contributed by atoms with E-state index in [9.17, 15) is 14.0 Å². The van der Waals surface area contributed by atoms with Gasteiger partial charge in [0, 0.05) is 12.0 Å². The largest absolute Gasteiger partial charge is 0.497 e. The minimum atomic E-state index is -1.25. The maximum absolute atomic E-state index is 13.8. The molecule has 0 bridgehead atoms. The fraction of sp³-hybridized carbons (Fsp3) is 0.333. The standard InChI is InChI=1S/C12H13FN2O4/c1-19-6-2-3-8(13)7(4-6)11-9(14-12(17)18)5-10(16)15-11/h2-4,9,11,14H,5H2,1H3,(H,15,16)(H,17,18)/t9-,11+/m0/s1. The van der Waals surface area contributed by atoms with Gasteiger partial charge in [0.1, 0.15) is 11.6 Å². The highest BCUT2D eigenvalue weighted by molar-refractivity contribution is 5.81. The molecule has 0 saturated carbocycles. The third-order valence-electron chi connectivity index (χ3n) is 2.97. The maximum atomic E-state index is 13.8. The number of rotatable bonds is 3. The number of methoxy groups -OCH3 is 1. The van der Waals surface area contributed by atoms with E-state index >= 15 is 0 Å². The topological polar surface area (TPSA) is 87.7 Å². The highest BCUT2D eigenvalue weighted by atomic mass is 19.1. The molecule has 0 spiro atoms. The molecule has 1 aromatic rings. The van der Waals surface area contributed by atoms with E-state index in [0.717, 1.165) is 0 Å². The van der Waals surface area contributed by atoms with E-state index in [0.29, 0.717) is 5.75 Å². The summed E-state index contributed by atoms with van der Waals surface area (Å²) in [6, 6.07) is 2.68. The Morgan fingerprint density at radius 3 is 2.95 bits per heavy atom. The predicted molar refractivity (Wildman–Crippen MR) is 63.4 cm³/mol. The lowest BCUT2D eigenvalue weighted by molar-refractivity contribution is -0.119. The smallest absolute Gasteiger partial charge is 0.404 e. The van der Waals surface area contributed by atoms with Gasteiger partial charge in [-0.15, -0.1) is 0 Å². The average molecular weight is 268 g/mol. The lowest BCUT2D eigenvalue weighted by Gasteiger charge is -2.20. The number of benzene rings is 1. The lowest BCUT2D eigenvalue weighted by atomic mass is 10.00. The summed E-state index contributed by atoms with van der Waals surface area (Å²) in [4.78, 5) is 22.1. The second-order valence-corrected chi connectivity index (χ2v) is 4.19. The van der Waals surface area contributed by atoms with Crippen LogP contribution >= 0.6 is 0 Å². The highest BCUT2D eigenvalue weighted by Gasteiger charge is 2.36. The first-order chi connectivity index (χ1) is 9.01. The molecule has 1 aliphatic rings. The average Bonchev–Trinajstić information content (AvgIpc) is 2.70. The number of carbonyl (C=O) groups is 2. The van der Waals surface area contributed by atoms with Crippen LogP contribution in [0.5, 0.6) is 5.75 Å². The molecule has 3 N–H and O–H groups in total. The molecule has 0 aliphatic carbocycles. The number of nitrogens with one attached hydrogen (secondary N) is 2. The van der Waals surface area contributed by atoms with Crippen molar-refractivity contribution in [1.82, 2.24) is 10.6 Å². The van der Waals surface area contributed by atoms with E-state index < -0.39 is 24.0 Å². The molecular formula is C12H13FN2O4. The van der Waals surface area contributed by atoms with Gasteiger partial charge in [0.15, 0.2) is 0 Å². The van der Waals surface area contributed by atoms with Crippen LogP contribution in [0.25, 0.3) is 0 Å². The number of halogens is 1. The third kappa shape index (κ3) is 2.75. The summed E-state index contributed by atoms with van der Waals surface area (Å²) in [6.45, 7) is 0. The minimum absolute atomic E-state index is 0.0202. The van der Waals surface area contributed by atoms with Gasteiger partial charge in [-0.25, -0.2) is 9.18 Å². The summed E-state index contributed by atoms with van der Waals surface area (Å²) in [5, 5.41) is 13.5. The monoisotopic (exact) mass is 268 g/mol. The van der Waals surface area contributed by atoms with Crippen LogP contribution in [-0.4, -0.2) is 30.3 Å². The molecule has 0 aromatic heterocycles. The van der Waals surface area contributed by atoms with Crippen molar-refractivity contribution in [3.8, 4) is 5.75 Å². The quantitative estimate of drug-likeness (QED) is 0.764. The van der Waals surface area contributed by atoms with E-state index in [2.05, 4.69) is 10.6 Å². The normalized spacial score (nSPS) is 21.9. The Bertz CT molecular complexity index is 520. The van der Waals surface area contributed by atoms with E-state index in [1.807, 2.05) is 0 Å². The molecule has 1 heterocycles. The van der Waals surface area contributed by atoms with Crippen LogP contribution in [0, 0.1) is 5.82 Å². The summed E-state index contributed by atoms with van der Waals surface area (Å²) >= 11 is 0. The molecule has 1 fully saturated rings. The van der Waals surface area contributed by atoms with Crippen LogP contribution in [0.1, 0.15) is 18.0 Å². The number of hydrogen-bond acceptors (Lipinski definition) is 3. The molecule has 0 unspecified atom stereocenters. The van der Waals surface area contributed by atoms with E-state index in [4.69, 9.17) is 9.84 Å². The second kappa shape index (κ2) is 5.13. The van der Waals surface area contributed by atoms with Crippen LogP contribution in [0.15, 0.2) is 18.2 Å². The first-order valence-corrected chi connectivity index (χ1v) is 5.63. The summed E-state index contributed by atoms with van der Waals surface area (Å²) < 4.78 is 18.8. The Morgan fingerprint density at radius 1 is 1.58 bits per heavy atom. The van der Waals surface area contributed by atoms with E-state index in [-0.39, 0.29) is 17.9 Å². The molecule has 2 amide bonds. The van der Waals surface area contributed by atoms with Gasteiger partial charge < -0.3 is 20.5 Å². The Hall–Kier alpha value is -2.31. The number of carbonyl (C=O) groups excluding carboxylic acids is 1. The van der Waals surface area contributed by atoms with Gasteiger partial charge in [0.2, 0.25) is 5.91 Å². The first-order valence-electron chi connectivity index (χ1n) is 5.63. The van der Waals surface area contributed by atoms with Gasteiger partial charge in [0.05, 0.1) is 19.2 Å². The fourth-order valence-electron chi connectivity index (χ4n) is 2.13. The van der Waals surface area contributed by atoms with Gasteiger partial charge in [-0.1, -0.05) is 0 Å². The molecule has 2 rings (SSSR count).